The molecule has 0 saturated carbocycles. The fourth-order valence-electron chi connectivity index (χ4n) is 4.99. The van der Waals surface area contributed by atoms with Crippen LogP contribution in [0.3, 0.4) is 0 Å². The Balaban J connectivity index is 1.33. The van der Waals surface area contributed by atoms with Gasteiger partial charge in [0.1, 0.15) is 12.6 Å². The number of carboxylic acid groups (broad SMARTS) is 1. The minimum absolute atomic E-state index is 0.0349. The Kier molecular flexibility index (Phi) is 8.02. The standard InChI is InChI=1S/C27H33N3O5/c1-2-7-24(26(33)30-16-14-29(15-17-30)13-12-25(31)32)28-27(34)35-18-23-21-10-5-3-8-19(21)20-9-4-6-11-22(20)23/h3-6,8-11,23-24H,2,7,12-18H2,1H3,(H,28,34)(H,31,32)/t24-/m1/s1. The number of fused-ring (bicyclic) bond motifs is 3. The summed E-state index contributed by atoms with van der Waals surface area (Å²) < 4.78 is 5.64. The summed E-state index contributed by atoms with van der Waals surface area (Å²) in [7, 11) is 0. The Morgan fingerprint density at radius 1 is 1.00 bits per heavy atom. The fraction of sp³-hybridized carbons (Fsp3) is 0.444. The van der Waals surface area contributed by atoms with Crippen LogP contribution in [0.25, 0.3) is 11.1 Å². The molecule has 8 heteroatoms. The molecule has 35 heavy (non-hydrogen) atoms. The zero-order valence-electron chi connectivity index (χ0n) is 20.1. The number of nitrogens with zero attached hydrogens (tertiary/aromatic N) is 2. The lowest BCUT2D eigenvalue weighted by atomic mass is 9.98. The molecular formula is C27H33N3O5. The van der Waals surface area contributed by atoms with E-state index in [0.29, 0.717) is 39.1 Å². The molecule has 1 atom stereocenters. The van der Waals surface area contributed by atoms with Crippen LogP contribution in [0, 0.1) is 0 Å². The highest BCUT2D eigenvalue weighted by molar-refractivity contribution is 5.86. The third kappa shape index (κ3) is 5.82. The van der Waals surface area contributed by atoms with Crippen LogP contribution in [0.15, 0.2) is 48.5 Å². The molecule has 0 aromatic heterocycles. The molecule has 2 aromatic rings. The van der Waals surface area contributed by atoms with E-state index in [-0.39, 0.29) is 24.9 Å². The Bertz CT molecular complexity index is 1020. The summed E-state index contributed by atoms with van der Waals surface area (Å²) in [5, 5.41) is 11.7. The van der Waals surface area contributed by atoms with Gasteiger partial charge in [-0.1, -0.05) is 61.9 Å². The van der Waals surface area contributed by atoms with Gasteiger partial charge in [-0.25, -0.2) is 4.79 Å². The largest absolute Gasteiger partial charge is 0.481 e. The molecule has 0 spiro atoms. The van der Waals surface area contributed by atoms with Crippen molar-refractivity contribution in [2.75, 3.05) is 39.3 Å². The van der Waals surface area contributed by atoms with Crippen LogP contribution in [0.4, 0.5) is 4.79 Å². The summed E-state index contributed by atoms with van der Waals surface area (Å²) in [5.74, 6) is -0.968. The molecule has 0 bridgehead atoms. The summed E-state index contributed by atoms with van der Waals surface area (Å²) in [4.78, 5) is 40.4. The highest BCUT2D eigenvalue weighted by atomic mass is 16.5. The predicted octanol–water partition coefficient (Wildman–Crippen LogP) is 3.31. The van der Waals surface area contributed by atoms with Crippen molar-refractivity contribution >= 4 is 18.0 Å². The average Bonchev–Trinajstić information content (AvgIpc) is 3.19. The maximum Gasteiger partial charge on any atom is 0.407 e. The van der Waals surface area contributed by atoms with E-state index in [0.717, 1.165) is 17.5 Å². The molecule has 4 rings (SSSR count). The number of piperazine rings is 1. The van der Waals surface area contributed by atoms with Gasteiger partial charge in [0.2, 0.25) is 5.91 Å². The van der Waals surface area contributed by atoms with Crippen LogP contribution in [0.5, 0.6) is 0 Å². The lowest BCUT2D eigenvalue weighted by Gasteiger charge is -2.36. The molecule has 2 N–H and O–H groups in total. The number of aliphatic carboxylic acids is 1. The van der Waals surface area contributed by atoms with Gasteiger partial charge in [-0.3, -0.25) is 14.5 Å². The highest BCUT2D eigenvalue weighted by Gasteiger charge is 2.31. The van der Waals surface area contributed by atoms with Crippen molar-refractivity contribution in [1.29, 1.82) is 0 Å². The van der Waals surface area contributed by atoms with Crippen molar-refractivity contribution in [3.63, 3.8) is 0 Å². The van der Waals surface area contributed by atoms with Gasteiger partial charge in [0, 0.05) is 38.6 Å². The molecular weight excluding hydrogens is 446 g/mol. The summed E-state index contributed by atoms with van der Waals surface area (Å²) in [6, 6.07) is 15.7. The number of benzene rings is 2. The summed E-state index contributed by atoms with van der Waals surface area (Å²) in [6.45, 7) is 4.95. The number of ether oxygens (including phenoxy) is 1. The van der Waals surface area contributed by atoms with Crippen molar-refractivity contribution in [3.05, 3.63) is 59.7 Å². The minimum atomic E-state index is -0.821. The minimum Gasteiger partial charge on any atom is -0.481 e. The van der Waals surface area contributed by atoms with Gasteiger partial charge < -0.3 is 20.1 Å². The number of rotatable bonds is 9. The molecule has 1 aliphatic carbocycles. The first kappa shape index (κ1) is 24.7. The van der Waals surface area contributed by atoms with E-state index >= 15 is 0 Å². The molecule has 0 unspecified atom stereocenters. The van der Waals surface area contributed by atoms with Crippen molar-refractivity contribution in [2.24, 2.45) is 0 Å². The summed E-state index contributed by atoms with van der Waals surface area (Å²) in [5.41, 5.74) is 4.61. The zero-order valence-corrected chi connectivity index (χ0v) is 20.1. The average molecular weight is 480 g/mol. The molecule has 8 nitrogen and oxygen atoms in total. The van der Waals surface area contributed by atoms with E-state index in [4.69, 9.17) is 9.84 Å². The van der Waals surface area contributed by atoms with Crippen molar-refractivity contribution in [1.82, 2.24) is 15.1 Å². The molecule has 186 valence electrons. The molecule has 0 radical (unpaired) electrons. The lowest BCUT2D eigenvalue weighted by molar-refractivity contribution is -0.139. The zero-order chi connectivity index (χ0) is 24.8. The lowest BCUT2D eigenvalue weighted by Crippen LogP contribution is -2.55. The van der Waals surface area contributed by atoms with Crippen LogP contribution in [0.1, 0.15) is 43.2 Å². The van der Waals surface area contributed by atoms with Gasteiger partial charge in [-0.2, -0.15) is 0 Å². The molecule has 1 fully saturated rings. The van der Waals surface area contributed by atoms with Crippen LogP contribution in [-0.4, -0.2) is 78.2 Å². The van der Waals surface area contributed by atoms with Gasteiger partial charge in [0.15, 0.2) is 0 Å². The smallest absolute Gasteiger partial charge is 0.407 e. The number of amides is 2. The second-order valence-corrected chi connectivity index (χ2v) is 9.12. The van der Waals surface area contributed by atoms with E-state index in [1.165, 1.54) is 11.1 Å². The van der Waals surface area contributed by atoms with Gasteiger partial charge in [-0.15, -0.1) is 0 Å². The number of alkyl carbamates (subject to hydrolysis) is 1. The Morgan fingerprint density at radius 3 is 2.17 bits per heavy atom. The molecule has 1 aliphatic heterocycles. The highest BCUT2D eigenvalue weighted by Crippen LogP contribution is 2.44. The monoisotopic (exact) mass is 479 g/mol. The Morgan fingerprint density at radius 2 is 1.60 bits per heavy atom. The number of carboxylic acids is 1. The van der Waals surface area contributed by atoms with Crippen molar-refractivity contribution in [3.8, 4) is 11.1 Å². The topological polar surface area (TPSA) is 99.2 Å². The number of carbonyl (C=O) groups is 3. The maximum atomic E-state index is 13.1. The first-order valence-electron chi connectivity index (χ1n) is 12.3. The first-order valence-corrected chi connectivity index (χ1v) is 12.3. The van der Waals surface area contributed by atoms with E-state index in [1.54, 1.807) is 4.90 Å². The molecule has 1 heterocycles. The molecule has 2 amide bonds. The first-order chi connectivity index (χ1) is 17.0. The van der Waals surface area contributed by atoms with Gasteiger partial charge in [-0.05, 0) is 28.7 Å². The molecule has 1 saturated heterocycles. The maximum absolute atomic E-state index is 13.1. The SMILES string of the molecule is CCC[C@@H](NC(=O)OCC1c2ccccc2-c2ccccc21)C(=O)N1CCN(CCC(=O)O)CC1. The van der Waals surface area contributed by atoms with E-state index < -0.39 is 18.1 Å². The van der Waals surface area contributed by atoms with Crippen molar-refractivity contribution < 1.29 is 24.2 Å². The fourth-order valence-corrected chi connectivity index (χ4v) is 4.99. The molecule has 2 aliphatic rings. The summed E-state index contributed by atoms with van der Waals surface area (Å²) >= 11 is 0. The third-order valence-corrected chi connectivity index (χ3v) is 6.84. The van der Waals surface area contributed by atoms with Gasteiger partial charge in [0.25, 0.3) is 0 Å². The quantitative estimate of drug-likeness (QED) is 0.573. The number of nitrogens with one attached hydrogen (secondary N) is 1. The number of hydrogen-bond acceptors (Lipinski definition) is 5. The Labute approximate surface area is 205 Å². The van der Waals surface area contributed by atoms with Crippen molar-refractivity contribution in [2.45, 2.75) is 38.1 Å². The number of hydrogen-bond donors (Lipinski definition) is 2. The van der Waals surface area contributed by atoms with E-state index in [1.807, 2.05) is 36.1 Å². The number of carbonyl (C=O) groups excluding carboxylic acids is 2. The van der Waals surface area contributed by atoms with Crippen LogP contribution < -0.4 is 5.32 Å². The Hall–Kier alpha value is -3.39. The van der Waals surface area contributed by atoms with Crippen LogP contribution >= 0.6 is 0 Å². The van der Waals surface area contributed by atoms with E-state index in [9.17, 15) is 14.4 Å². The third-order valence-electron chi connectivity index (χ3n) is 6.84. The molecule has 2 aromatic carbocycles. The summed E-state index contributed by atoms with van der Waals surface area (Å²) in [6.07, 6.45) is 0.787. The normalized spacial score (nSPS) is 16.3. The van der Waals surface area contributed by atoms with Crippen LogP contribution in [-0.2, 0) is 14.3 Å². The second kappa shape index (κ2) is 11.4. The predicted molar refractivity (Wildman–Crippen MR) is 132 cm³/mol. The van der Waals surface area contributed by atoms with Gasteiger partial charge in [0.05, 0.1) is 6.42 Å². The second-order valence-electron chi connectivity index (χ2n) is 9.12. The van der Waals surface area contributed by atoms with Gasteiger partial charge >= 0.3 is 12.1 Å². The van der Waals surface area contributed by atoms with E-state index in [2.05, 4.69) is 29.6 Å². The van der Waals surface area contributed by atoms with Crippen LogP contribution in [0.2, 0.25) is 0 Å².